The predicted molar refractivity (Wildman–Crippen MR) is 71.2 cm³/mol. The van der Waals surface area contributed by atoms with E-state index < -0.39 is 5.91 Å². The number of likely N-dealkylation sites (N-methyl/N-ethyl adjacent to an activating group) is 1. The molecule has 0 saturated carbocycles. The molecule has 0 unspecified atom stereocenters. The van der Waals surface area contributed by atoms with Gasteiger partial charge in [0.2, 0.25) is 0 Å². The Morgan fingerprint density at radius 3 is 2.44 bits per heavy atom. The highest BCUT2D eigenvalue weighted by Crippen LogP contribution is 2.33. The average Bonchev–Trinajstić information content (AvgIpc) is 2.55. The van der Waals surface area contributed by atoms with Crippen LogP contribution in [0.4, 0.5) is 5.69 Å². The van der Waals surface area contributed by atoms with Crippen molar-refractivity contribution in [3.05, 3.63) is 28.8 Å². The predicted octanol–water partition coefficient (Wildman–Crippen LogP) is 1.39. The van der Waals surface area contributed by atoms with E-state index in [-0.39, 0.29) is 5.78 Å². The molecule has 18 heavy (non-hydrogen) atoms. The van der Waals surface area contributed by atoms with Crippen LogP contribution in [0.3, 0.4) is 0 Å². The Bertz CT molecular complexity index is 521. The van der Waals surface area contributed by atoms with E-state index in [9.17, 15) is 9.59 Å². The van der Waals surface area contributed by atoms with Crippen molar-refractivity contribution in [1.82, 2.24) is 4.90 Å². The van der Waals surface area contributed by atoms with E-state index in [0.717, 1.165) is 23.4 Å². The highest BCUT2D eigenvalue weighted by molar-refractivity contribution is 6.52. The van der Waals surface area contributed by atoms with E-state index in [1.54, 1.807) is 11.0 Å². The molecular weight excluding hydrogens is 228 g/mol. The standard InChI is InChI=1S/C14H18N2O2/c1-9-5-6-11-12(10(9)2)16(8-7-15(3)4)14(18)13(11)17/h5-6H,7-8H2,1-4H3. The summed E-state index contributed by atoms with van der Waals surface area (Å²) < 4.78 is 0. The molecule has 0 N–H and O–H groups in total. The molecule has 0 saturated heterocycles. The van der Waals surface area contributed by atoms with Gasteiger partial charge in [0, 0.05) is 13.1 Å². The number of benzene rings is 1. The summed E-state index contributed by atoms with van der Waals surface area (Å²) >= 11 is 0. The quantitative estimate of drug-likeness (QED) is 0.757. The summed E-state index contributed by atoms with van der Waals surface area (Å²) in [7, 11) is 3.90. The van der Waals surface area contributed by atoms with Crippen LogP contribution in [0.5, 0.6) is 0 Å². The molecule has 2 rings (SSSR count). The fourth-order valence-electron chi connectivity index (χ4n) is 2.18. The second kappa shape index (κ2) is 4.53. The first-order valence-corrected chi connectivity index (χ1v) is 6.04. The third kappa shape index (κ3) is 1.93. The van der Waals surface area contributed by atoms with Gasteiger partial charge in [0.05, 0.1) is 11.3 Å². The number of amides is 1. The van der Waals surface area contributed by atoms with Gasteiger partial charge in [-0.15, -0.1) is 0 Å². The number of ketones is 1. The maximum atomic E-state index is 12.0. The van der Waals surface area contributed by atoms with Gasteiger partial charge in [0.25, 0.3) is 11.7 Å². The Morgan fingerprint density at radius 2 is 1.83 bits per heavy atom. The number of carbonyl (C=O) groups excluding carboxylic acids is 2. The van der Waals surface area contributed by atoms with Gasteiger partial charge < -0.3 is 9.80 Å². The largest absolute Gasteiger partial charge is 0.308 e. The lowest BCUT2D eigenvalue weighted by atomic mass is 10.0. The van der Waals surface area contributed by atoms with Crippen LogP contribution in [0.1, 0.15) is 21.5 Å². The molecule has 0 fully saturated rings. The fourth-order valence-corrected chi connectivity index (χ4v) is 2.18. The van der Waals surface area contributed by atoms with Gasteiger partial charge >= 0.3 is 0 Å². The molecule has 1 aliphatic heterocycles. The third-order valence-electron chi connectivity index (χ3n) is 3.43. The molecule has 1 amide bonds. The molecule has 1 aliphatic rings. The number of Topliss-reactive ketones (excluding diaryl/α,β-unsaturated/α-hetero) is 1. The summed E-state index contributed by atoms with van der Waals surface area (Å²) in [6.45, 7) is 5.25. The monoisotopic (exact) mass is 246 g/mol. The number of nitrogens with zero attached hydrogens (tertiary/aromatic N) is 2. The Kier molecular flexibility index (Phi) is 3.22. The molecule has 0 spiro atoms. The van der Waals surface area contributed by atoms with Crippen LogP contribution in [0.2, 0.25) is 0 Å². The zero-order valence-electron chi connectivity index (χ0n) is 11.3. The van der Waals surface area contributed by atoms with Crippen molar-refractivity contribution in [2.45, 2.75) is 13.8 Å². The number of rotatable bonds is 3. The second-order valence-electron chi connectivity index (χ2n) is 4.99. The summed E-state index contributed by atoms with van der Waals surface area (Å²) in [6, 6.07) is 3.66. The van der Waals surface area contributed by atoms with Crippen molar-refractivity contribution in [3.8, 4) is 0 Å². The number of anilines is 1. The second-order valence-corrected chi connectivity index (χ2v) is 4.99. The highest BCUT2D eigenvalue weighted by Gasteiger charge is 2.36. The third-order valence-corrected chi connectivity index (χ3v) is 3.43. The summed E-state index contributed by atoms with van der Waals surface area (Å²) in [5, 5.41) is 0. The molecule has 4 heteroatoms. The van der Waals surface area contributed by atoms with Crippen molar-refractivity contribution < 1.29 is 9.59 Å². The van der Waals surface area contributed by atoms with Gasteiger partial charge in [0.1, 0.15) is 0 Å². The van der Waals surface area contributed by atoms with Crippen molar-refractivity contribution in [2.75, 3.05) is 32.1 Å². The first-order chi connectivity index (χ1) is 8.43. The van der Waals surface area contributed by atoms with Crippen LogP contribution in [0.15, 0.2) is 12.1 Å². The number of carbonyl (C=O) groups is 2. The molecule has 1 aromatic carbocycles. The molecule has 0 aromatic heterocycles. The van der Waals surface area contributed by atoms with Crippen LogP contribution in [-0.2, 0) is 4.79 Å². The van der Waals surface area contributed by atoms with Crippen molar-refractivity contribution >= 4 is 17.4 Å². The van der Waals surface area contributed by atoms with Crippen LogP contribution in [0.25, 0.3) is 0 Å². The molecule has 0 bridgehead atoms. The molecule has 1 aromatic rings. The molecule has 0 atom stereocenters. The van der Waals surface area contributed by atoms with Crippen LogP contribution in [-0.4, -0.2) is 43.8 Å². The van der Waals surface area contributed by atoms with Gasteiger partial charge in [-0.05, 0) is 45.1 Å². The van der Waals surface area contributed by atoms with Crippen LogP contribution in [0, 0.1) is 13.8 Å². The molecule has 96 valence electrons. The minimum absolute atomic E-state index is 0.383. The lowest BCUT2D eigenvalue weighted by Crippen LogP contribution is -2.36. The van der Waals surface area contributed by atoms with Crippen LogP contribution < -0.4 is 4.90 Å². The van der Waals surface area contributed by atoms with E-state index in [1.165, 1.54) is 0 Å². The molecule has 0 radical (unpaired) electrons. The minimum Gasteiger partial charge on any atom is -0.308 e. The number of hydrogen-bond donors (Lipinski definition) is 0. The van der Waals surface area contributed by atoms with Gasteiger partial charge in [-0.25, -0.2) is 0 Å². The number of hydrogen-bond acceptors (Lipinski definition) is 3. The zero-order chi connectivity index (χ0) is 13.4. The first kappa shape index (κ1) is 12.8. The summed E-state index contributed by atoms with van der Waals surface area (Å²) in [6.07, 6.45) is 0. The SMILES string of the molecule is Cc1ccc2c(c1C)N(CCN(C)C)C(=O)C2=O. The van der Waals surface area contributed by atoms with Crippen LogP contribution >= 0.6 is 0 Å². The average molecular weight is 246 g/mol. The fraction of sp³-hybridized carbons (Fsp3) is 0.429. The maximum absolute atomic E-state index is 12.0. The van der Waals surface area contributed by atoms with E-state index in [1.807, 2.05) is 38.9 Å². The Labute approximate surface area is 107 Å². The maximum Gasteiger partial charge on any atom is 0.299 e. The molecular formula is C14H18N2O2. The highest BCUT2D eigenvalue weighted by atomic mass is 16.2. The number of fused-ring (bicyclic) bond motifs is 1. The lowest BCUT2D eigenvalue weighted by molar-refractivity contribution is -0.114. The van der Waals surface area contributed by atoms with Crippen molar-refractivity contribution in [3.63, 3.8) is 0 Å². The normalized spacial score (nSPS) is 14.6. The first-order valence-electron chi connectivity index (χ1n) is 6.04. The topological polar surface area (TPSA) is 40.6 Å². The van der Waals surface area contributed by atoms with E-state index >= 15 is 0 Å². The van der Waals surface area contributed by atoms with E-state index in [0.29, 0.717) is 12.1 Å². The summed E-state index contributed by atoms with van der Waals surface area (Å²) in [4.78, 5) is 27.5. The summed E-state index contributed by atoms with van der Waals surface area (Å²) in [5.41, 5.74) is 3.46. The number of aryl methyl sites for hydroxylation is 1. The van der Waals surface area contributed by atoms with Gasteiger partial charge in [0.15, 0.2) is 0 Å². The van der Waals surface area contributed by atoms with Gasteiger partial charge in [-0.3, -0.25) is 9.59 Å². The Hall–Kier alpha value is -1.68. The van der Waals surface area contributed by atoms with Crippen molar-refractivity contribution in [1.29, 1.82) is 0 Å². The van der Waals surface area contributed by atoms with Crippen molar-refractivity contribution in [2.24, 2.45) is 0 Å². The molecule has 1 heterocycles. The van der Waals surface area contributed by atoms with E-state index in [2.05, 4.69) is 0 Å². The smallest absolute Gasteiger partial charge is 0.299 e. The molecule has 0 aliphatic carbocycles. The zero-order valence-corrected chi connectivity index (χ0v) is 11.3. The van der Waals surface area contributed by atoms with Gasteiger partial charge in [-0.1, -0.05) is 6.07 Å². The van der Waals surface area contributed by atoms with E-state index in [4.69, 9.17) is 0 Å². The van der Waals surface area contributed by atoms with Gasteiger partial charge in [-0.2, -0.15) is 0 Å². The summed E-state index contributed by atoms with van der Waals surface area (Å²) in [5.74, 6) is -0.785. The lowest BCUT2D eigenvalue weighted by Gasteiger charge is -2.21. The Balaban J connectivity index is 2.43. The molecule has 4 nitrogen and oxygen atoms in total. The minimum atomic E-state index is -0.402. The Morgan fingerprint density at radius 1 is 1.17 bits per heavy atom.